The molecule has 26 heavy (non-hydrogen) atoms. The molecule has 1 aliphatic heterocycles. The van der Waals surface area contributed by atoms with Gasteiger partial charge in [0, 0.05) is 49.8 Å². The van der Waals surface area contributed by atoms with Crippen LogP contribution in [0.25, 0.3) is 0 Å². The molecule has 2 aromatic heterocycles. The number of carbonyl (C=O) groups is 2. The molecule has 1 unspecified atom stereocenters. The molecule has 0 radical (unpaired) electrons. The molecule has 0 saturated carbocycles. The number of hydrogen-bond donors (Lipinski definition) is 1. The SMILES string of the molecule is CCC(=O)NCCc1csc(C2CCCN(C(=O)c3cc(C)on3)C2)n1. The van der Waals surface area contributed by atoms with Crippen molar-refractivity contribution in [3.8, 4) is 0 Å². The molecular formula is C18H24N4O3S. The Morgan fingerprint density at radius 2 is 2.31 bits per heavy atom. The van der Waals surface area contributed by atoms with Crippen LogP contribution < -0.4 is 5.32 Å². The zero-order chi connectivity index (χ0) is 18.5. The summed E-state index contributed by atoms with van der Waals surface area (Å²) in [5.74, 6) is 0.877. The lowest BCUT2D eigenvalue weighted by Crippen LogP contribution is -2.39. The van der Waals surface area contributed by atoms with Gasteiger partial charge in [0.1, 0.15) is 5.76 Å². The van der Waals surface area contributed by atoms with Crippen molar-refractivity contribution in [2.75, 3.05) is 19.6 Å². The van der Waals surface area contributed by atoms with Gasteiger partial charge in [0.2, 0.25) is 5.91 Å². The molecule has 3 heterocycles. The lowest BCUT2D eigenvalue weighted by atomic mass is 9.98. The van der Waals surface area contributed by atoms with E-state index in [2.05, 4.69) is 15.9 Å². The minimum atomic E-state index is -0.0781. The third kappa shape index (κ3) is 4.49. The van der Waals surface area contributed by atoms with Crippen LogP contribution in [0.2, 0.25) is 0 Å². The minimum Gasteiger partial charge on any atom is -0.361 e. The number of hydrogen-bond acceptors (Lipinski definition) is 6. The van der Waals surface area contributed by atoms with E-state index in [0.29, 0.717) is 31.0 Å². The van der Waals surface area contributed by atoms with Crippen LogP contribution in [0.3, 0.4) is 0 Å². The first-order chi connectivity index (χ1) is 12.6. The van der Waals surface area contributed by atoms with Crippen LogP contribution >= 0.6 is 11.3 Å². The molecule has 140 valence electrons. The molecule has 1 aliphatic rings. The molecule has 3 rings (SSSR count). The monoisotopic (exact) mass is 376 g/mol. The third-order valence-corrected chi connectivity index (χ3v) is 5.55. The number of rotatable bonds is 6. The molecule has 8 heteroatoms. The number of piperidine rings is 1. The van der Waals surface area contributed by atoms with Gasteiger partial charge >= 0.3 is 0 Å². The third-order valence-electron chi connectivity index (χ3n) is 4.50. The van der Waals surface area contributed by atoms with Gasteiger partial charge in [-0.2, -0.15) is 0 Å². The first-order valence-corrected chi connectivity index (χ1v) is 9.88. The fourth-order valence-corrected chi connectivity index (χ4v) is 4.05. The highest BCUT2D eigenvalue weighted by Crippen LogP contribution is 2.30. The van der Waals surface area contributed by atoms with Gasteiger partial charge in [-0.15, -0.1) is 11.3 Å². The van der Waals surface area contributed by atoms with Crippen LogP contribution in [0.15, 0.2) is 16.0 Å². The number of nitrogens with zero attached hydrogens (tertiary/aromatic N) is 3. The average molecular weight is 376 g/mol. The number of carbonyl (C=O) groups excluding carboxylic acids is 2. The molecule has 1 atom stereocenters. The Kier molecular flexibility index (Phi) is 6.03. The van der Waals surface area contributed by atoms with E-state index in [1.165, 1.54) is 0 Å². The summed E-state index contributed by atoms with van der Waals surface area (Å²) in [6.07, 6.45) is 3.21. The van der Waals surface area contributed by atoms with Crippen molar-refractivity contribution in [2.45, 2.75) is 45.4 Å². The molecule has 0 spiro atoms. The highest BCUT2D eigenvalue weighted by Gasteiger charge is 2.28. The predicted molar refractivity (Wildman–Crippen MR) is 98.2 cm³/mol. The standard InChI is InChI=1S/C18H24N4O3S/c1-3-16(23)19-7-6-14-11-26-17(20-14)13-5-4-8-22(10-13)18(24)15-9-12(2)25-21-15/h9,11,13H,3-8,10H2,1-2H3,(H,19,23). The van der Waals surface area contributed by atoms with E-state index < -0.39 is 0 Å². The molecule has 0 bridgehead atoms. The van der Waals surface area contributed by atoms with E-state index in [1.807, 2.05) is 11.8 Å². The van der Waals surface area contributed by atoms with Gasteiger partial charge in [0.25, 0.3) is 5.91 Å². The molecule has 1 N–H and O–H groups in total. The number of aryl methyl sites for hydroxylation is 1. The summed E-state index contributed by atoms with van der Waals surface area (Å²) in [5, 5.41) is 9.82. The fourth-order valence-electron chi connectivity index (χ4n) is 3.07. The summed E-state index contributed by atoms with van der Waals surface area (Å²) in [6.45, 7) is 5.62. The van der Waals surface area contributed by atoms with Crippen LogP contribution in [0, 0.1) is 6.92 Å². The van der Waals surface area contributed by atoms with E-state index in [-0.39, 0.29) is 17.7 Å². The number of amides is 2. The normalized spacial score (nSPS) is 17.3. The first kappa shape index (κ1) is 18.6. The lowest BCUT2D eigenvalue weighted by Gasteiger charge is -2.31. The van der Waals surface area contributed by atoms with E-state index in [4.69, 9.17) is 9.51 Å². The van der Waals surface area contributed by atoms with Crippen LogP contribution in [0.4, 0.5) is 0 Å². The highest BCUT2D eigenvalue weighted by molar-refractivity contribution is 7.09. The van der Waals surface area contributed by atoms with Crippen molar-refractivity contribution in [2.24, 2.45) is 0 Å². The highest BCUT2D eigenvalue weighted by atomic mass is 32.1. The quantitative estimate of drug-likeness (QED) is 0.837. The maximum atomic E-state index is 12.6. The summed E-state index contributed by atoms with van der Waals surface area (Å²) < 4.78 is 5.02. The summed E-state index contributed by atoms with van der Waals surface area (Å²) in [4.78, 5) is 30.4. The van der Waals surface area contributed by atoms with Gasteiger partial charge in [-0.3, -0.25) is 9.59 Å². The zero-order valence-electron chi connectivity index (χ0n) is 15.2. The lowest BCUT2D eigenvalue weighted by molar-refractivity contribution is -0.120. The van der Waals surface area contributed by atoms with Crippen molar-refractivity contribution in [1.82, 2.24) is 20.4 Å². The average Bonchev–Trinajstić information content (AvgIpc) is 3.30. The van der Waals surface area contributed by atoms with Gasteiger partial charge in [-0.1, -0.05) is 12.1 Å². The van der Waals surface area contributed by atoms with Crippen LogP contribution in [-0.4, -0.2) is 46.5 Å². The van der Waals surface area contributed by atoms with Crippen LogP contribution in [0.5, 0.6) is 0 Å². The van der Waals surface area contributed by atoms with Crippen molar-refractivity contribution in [3.63, 3.8) is 0 Å². The predicted octanol–water partition coefficient (Wildman–Crippen LogP) is 2.53. The second-order valence-electron chi connectivity index (χ2n) is 6.54. The molecule has 1 saturated heterocycles. The Morgan fingerprint density at radius 3 is 3.04 bits per heavy atom. The Bertz CT molecular complexity index is 770. The molecule has 2 amide bonds. The Labute approximate surface area is 156 Å². The zero-order valence-corrected chi connectivity index (χ0v) is 16.0. The van der Waals surface area contributed by atoms with Crippen molar-refractivity contribution < 1.29 is 14.1 Å². The van der Waals surface area contributed by atoms with E-state index in [9.17, 15) is 9.59 Å². The minimum absolute atomic E-state index is 0.0602. The van der Waals surface area contributed by atoms with Crippen molar-refractivity contribution in [1.29, 1.82) is 0 Å². The number of likely N-dealkylation sites (tertiary alicyclic amines) is 1. The smallest absolute Gasteiger partial charge is 0.276 e. The topological polar surface area (TPSA) is 88.3 Å². The maximum Gasteiger partial charge on any atom is 0.276 e. The van der Waals surface area contributed by atoms with Gasteiger partial charge in [0.05, 0.1) is 10.7 Å². The molecule has 7 nitrogen and oxygen atoms in total. The largest absolute Gasteiger partial charge is 0.361 e. The summed E-state index contributed by atoms with van der Waals surface area (Å²) in [6, 6.07) is 1.68. The van der Waals surface area contributed by atoms with Gasteiger partial charge in [-0.05, 0) is 19.8 Å². The second kappa shape index (κ2) is 8.44. The Hall–Kier alpha value is -2.22. The summed E-state index contributed by atoms with van der Waals surface area (Å²) >= 11 is 1.64. The second-order valence-corrected chi connectivity index (χ2v) is 7.43. The van der Waals surface area contributed by atoms with E-state index >= 15 is 0 Å². The molecule has 1 fully saturated rings. The number of nitrogens with one attached hydrogen (secondary N) is 1. The number of aromatic nitrogens is 2. The molecule has 0 aromatic carbocycles. The van der Waals surface area contributed by atoms with Gasteiger partial charge < -0.3 is 14.7 Å². The van der Waals surface area contributed by atoms with E-state index in [0.717, 1.165) is 36.5 Å². The maximum absolute atomic E-state index is 12.6. The summed E-state index contributed by atoms with van der Waals surface area (Å²) in [7, 11) is 0. The Balaban J connectivity index is 1.57. The van der Waals surface area contributed by atoms with Crippen LogP contribution in [-0.2, 0) is 11.2 Å². The van der Waals surface area contributed by atoms with Crippen molar-refractivity contribution >= 4 is 23.2 Å². The van der Waals surface area contributed by atoms with Crippen LogP contribution in [0.1, 0.15) is 59.1 Å². The van der Waals surface area contributed by atoms with Gasteiger partial charge in [-0.25, -0.2) is 4.98 Å². The molecule has 2 aromatic rings. The first-order valence-electron chi connectivity index (χ1n) is 9.00. The van der Waals surface area contributed by atoms with Gasteiger partial charge in [0.15, 0.2) is 5.69 Å². The molecule has 0 aliphatic carbocycles. The fraction of sp³-hybridized carbons (Fsp3) is 0.556. The molecular weight excluding hydrogens is 352 g/mol. The Morgan fingerprint density at radius 1 is 1.46 bits per heavy atom. The van der Waals surface area contributed by atoms with E-state index in [1.54, 1.807) is 24.3 Å². The van der Waals surface area contributed by atoms with Crippen molar-refractivity contribution in [3.05, 3.63) is 33.6 Å². The number of thiazole rings is 1. The summed E-state index contributed by atoms with van der Waals surface area (Å²) in [5.41, 5.74) is 1.37.